The molecule has 0 saturated carbocycles. The van der Waals surface area contributed by atoms with Crippen LogP contribution in [0.5, 0.6) is 0 Å². The van der Waals surface area contributed by atoms with Gasteiger partial charge in [-0.05, 0) is 26.8 Å². The number of hydrogen-bond donors (Lipinski definition) is 2. The highest BCUT2D eigenvalue weighted by atomic mass is 32.1. The summed E-state index contributed by atoms with van der Waals surface area (Å²) in [6.45, 7) is 5.99. The molecule has 0 aliphatic carbocycles. The highest BCUT2D eigenvalue weighted by molar-refractivity contribution is 7.10. The summed E-state index contributed by atoms with van der Waals surface area (Å²) >= 11 is 1.35. The molecule has 1 rings (SSSR count). The Balaban J connectivity index is 2.33. The molecule has 18 heavy (non-hydrogen) atoms. The van der Waals surface area contributed by atoms with Crippen LogP contribution in [0.2, 0.25) is 0 Å². The monoisotopic (exact) mass is 271 g/mol. The lowest BCUT2D eigenvalue weighted by Gasteiger charge is -2.19. The van der Waals surface area contributed by atoms with Crippen molar-refractivity contribution in [1.82, 2.24) is 5.32 Å². The van der Waals surface area contributed by atoms with Gasteiger partial charge in [-0.25, -0.2) is 4.79 Å². The van der Waals surface area contributed by atoms with Crippen molar-refractivity contribution in [3.05, 3.63) is 21.9 Å². The second-order valence-electron chi connectivity index (χ2n) is 4.80. The SMILES string of the molecule is CC(C)(C)OC(=O)CNCc1cc(C(=O)O)cs1. The number of carbonyl (C=O) groups excluding carboxylic acids is 1. The molecule has 1 aromatic rings. The van der Waals surface area contributed by atoms with E-state index in [-0.39, 0.29) is 18.1 Å². The summed E-state index contributed by atoms with van der Waals surface area (Å²) in [5.41, 5.74) is -0.216. The molecular weight excluding hydrogens is 254 g/mol. The van der Waals surface area contributed by atoms with Gasteiger partial charge < -0.3 is 15.2 Å². The minimum Gasteiger partial charge on any atom is -0.478 e. The molecule has 0 fully saturated rings. The van der Waals surface area contributed by atoms with E-state index in [1.54, 1.807) is 11.4 Å². The van der Waals surface area contributed by atoms with Crippen LogP contribution in [0.4, 0.5) is 0 Å². The van der Waals surface area contributed by atoms with Crippen LogP contribution < -0.4 is 5.32 Å². The van der Waals surface area contributed by atoms with Gasteiger partial charge in [-0.15, -0.1) is 11.3 Å². The normalized spacial score (nSPS) is 11.3. The highest BCUT2D eigenvalue weighted by Gasteiger charge is 2.15. The maximum atomic E-state index is 11.4. The van der Waals surface area contributed by atoms with Crippen LogP contribution in [-0.2, 0) is 16.1 Å². The van der Waals surface area contributed by atoms with Crippen molar-refractivity contribution in [3.63, 3.8) is 0 Å². The maximum absolute atomic E-state index is 11.4. The molecule has 0 radical (unpaired) electrons. The van der Waals surface area contributed by atoms with Crippen molar-refractivity contribution in [2.45, 2.75) is 32.9 Å². The Morgan fingerprint density at radius 3 is 2.61 bits per heavy atom. The largest absolute Gasteiger partial charge is 0.478 e. The fraction of sp³-hybridized carbons (Fsp3) is 0.500. The highest BCUT2D eigenvalue weighted by Crippen LogP contribution is 2.14. The molecule has 2 N–H and O–H groups in total. The smallest absolute Gasteiger partial charge is 0.336 e. The molecule has 0 bridgehead atoms. The molecule has 5 nitrogen and oxygen atoms in total. The average molecular weight is 271 g/mol. The number of nitrogens with one attached hydrogen (secondary N) is 1. The topological polar surface area (TPSA) is 75.6 Å². The van der Waals surface area contributed by atoms with E-state index in [1.165, 1.54) is 11.3 Å². The molecule has 0 amide bonds. The summed E-state index contributed by atoms with van der Waals surface area (Å²) in [5, 5.41) is 13.2. The van der Waals surface area contributed by atoms with Crippen LogP contribution in [0, 0.1) is 0 Å². The van der Waals surface area contributed by atoms with Crippen molar-refractivity contribution in [2.75, 3.05) is 6.54 Å². The molecule has 0 spiro atoms. The van der Waals surface area contributed by atoms with Gasteiger partial charge >= 0.3 is 11.9 Å². The van der Waals surface area contributed by atoms with E-state index in [9.17, 15) is 9.59 Å². The molecule has 0 saturated heterocycles. The van der Waals surface area contributed by atoms with E-state index >= 15 is 0 Å². The van der Waals surface area contributed by atoms with E-state index < -0.39 is 11.6 Å². The Morgan fingerprint density at radius 2 is 2.11 bits per heavy atom. The second-order valence-corrected chi connectivity index (χ2v) is 5.79. The van der Waals surface area contributed by atoms with E-state index in [4.69, 9.17) is 9.84 Å². The first-order chi connectivity index (χ1) is 8.28. The predicted molar refractivity (Wildman–Crippen MR) is 68.8 cm³/mol. The van der Waals surface area contributed by atoms with Gasteiger partial charge in [0.15, 0.2) is 0 Å². The predicted octanol–water partition coefficient (Wildman–Crippen LogP) is 1.88. The first-order valence-electron chi connectivity index (χ1n) is 5.51. The molecule has 0 atom stereocenters. The fourth-order valence-corrected chi connectivity index (χ4v) is 2.08. The van der Waals surface area contributed by atoms with Crippen molar-refractivity contribution >= 4 is 23.3 Å². The number of carboxylic acids is 1. The average Bonchev–Trinajstić information content (AvgIpc) is 2.63. The molecule has 6 heteroatoms. The zero-order valence-electron chi connectivity index (χ0n) is 10.6. The van der Waals surface area contributed by atoms with Crippen LogP contribution in [0.3, 0.4) is 0 Å². The van der Waals surface area contributed by atoms with Crippen molar-refractivity contribution in [2.24, 2.45) is 0 Å². The molecular formula is C12H17NO4S. The third-order valence-electron chi connectivity index (χ3n) is 1.89. The molecule has 0 aliphatic rings. The molecule has 1 aromatic heterocycles. The standard InChI is InChI=1S/C12H17NO4S/c1-12(2,3)17-10(14)6-13-5-9-4-8(7-18-9)11(15)16/h4,7,13H,5-6H2,1-3H3,(H,15,16). The Labute approximate surface area is 110 Å². The van der Waals surface area contributed by atoms with Crippen LogP contribution in [0.1, 0.15) is 36.0 Å². The molecule has 0 aliphatic heterocycles. The van der Waals surface area contributed by atoms with Crippen LogP contribution in [0.15, 0.2) is 11.4 Å². The number of aromatic carboxylic acids is 1. The Morgan fingerprint density at radius 1 is 1.44 bits per heavy atom. The van der Waals surface area contributed by atoms with Gasteiger partial charge in [-0.3, -0.25) is 4.79 Å². The summed E-state index contributed by atoms with van der Waals surface area (Å²) < 4.78 is 5.13. The van der Waals surface area contributed by atoms with Crippen molar-refractivity contribution in [3.8, 4) is 0 Å². The van der Waals surface area contributed by atoms with Gasteiger partial charge in [0, 0.05) is 16.8 Å². The fourth-order valence-electron chi connectivity index (χ4n) is 1.25. The third kappa shape index (κ3) is 5.29. The Hall–Kier alpha value is -1.40. The minimum absolute atomic E-state index is 0.109. The molecule has 0 unspecified atom stereocenters. The summed E-state index contributed by atoms with van der Waals surface area (Å²) in [5.74, 6) is -1.26. The number of hydrogen-bond acceptors (Lipinski definition) is 5. The number of ether oxygens (including phenoxy) is 1. The van der Waals surface area contributed by atoms with Crippen molar-refractivity contribution in [1.29, 1.82) is 0 Å². The summed E-state index contributed by atoms with van der Waals surface area (Å²) in [6.07, 6.45) is 0. The van der Waals surface area contributed by atoms with E-state index in [0.29, 0.717) is 6.54 Å². The van der Waals surface area contributed by atoms with Gasteiger partial charge in [0.05, 0.1) is 12.1 Å². The molecule has 0 aromatic carbocycles. The lowest BCUT2D eigenvalue weighted by Crippen LogP contribution is -2.31. The number of esters is 1. The number of rotatable bonds is 5. The van der Waals surface area contributed by atoms with E-state index in [2.05, 4.69) is 5.32 Å². The summed E-state index contributed by atoms with van der Waals surface area (Å²) in [7, 11) is 0. The zero-order valence-corrected chi connectivity index (χ0v) is 11.5. The van der Waals surface area contributed by atoms with E-state index in [1.807, 2.05) is 20.8 Å². The Bertz CT molecular complexity index is 434. The first-order valence-corrected chi connectivity index (χ1v) is 6.39. The number of carboxylic acid groups (broad SMARTS) is 1. The van der Waals surface area contributed by atoms with Gasteiger partial charge in [0.1, 0.15) is 5.60 Å². The van der Waals surface area contributed by atoms with Gasteiger partial charge in [-0.2, -0.15) is 0 Å². The maximum Gasteiger partial charge on any atom is 0.336 e. The van der Waals surface area contributed by atoms with Gasteiger partial charge in [0.2, 0.25) is 0 Å². The molecule has 1 heterocycles. The first kappa shape index (κ1) is 14.7. The van der Waals surface area contributed by atoms with Crippen molar-refractivity contribution < 1.29 is 19.4 Å². The van der Waals surface area contributed by atoms with Crippen LogP contribution >= 0.6 is 11.3 Å². The lowest BCUT2D eigenvalue weighted by molar-refractivity contribution is -0.153. The molecule has 100 valence electrons. The van der Waals surface area contributed by atoms with E-state index in [0.717, 1.165) is 4.88 Å². The van der Waals surface area contributed by atoms with Crippen LogP contribution in [-0.4, -0.2) is 29.2 Å². The summed E-state index contributed by atoms with van der Waals surface area (Å²) in [6, 6.07) is 1.59. The number of thiophene rings is 1. The van der Waals surface area contributed by atoms with Gasteiger partial charge in [-0.1, -0.05) is 0 Å². The lowest BCUT2D eigenvalue weighted by atomic mass is 10.2. The summed E-state index contributed by atoms with van der Waals surface area (Å²) in [4.78, 5) is 22.9. The third-order valence-corrected chi connectivity index (χ3v) is 2.83. The van der Waals surface area contributed by atoms with Crippen LogP contribution in [0.25, 0.3) is 0 Å². The number of carbonyl (C=O) groups is 2. The second kappa shape index (κ2) is 5.97. The quantitative estimate of drug-likeness (QED) is 0.800. The van der Waals surface area contributed by atoms with Gasteiger partial charge in [0.25, 0.3) is 0 Å². The Kier molecular flexibility index (Phi) is 4.86. The zero-order chi connectivity index (χ0) is 13.8. The minimum atomic E-state index is -0.940.